The second-order valence-electron chi connectivity index (χ2n) is 7.18. The normalized spacial score (nSPS) is 20.4. The molecular formula is C20H28IN5S. The van der Waals surface area contributed by atoms with Crippen molar-refractivity contribution >= 4 is 41.3 Å². The van der Waals surface area contributed by atoms with Crippen LogP contribution in [0.4, 0.5) is 0 Å². The van der Waals surface area contributed by atoms with E-state index in [1.165, 1.54) is 36.2 Å². The summed E-state index contributed by atoms with van der Waals surface area (Å²) in [6.45, 7) is 5.20. The van der Waals surface area contributed by atoms with Gasteiger partial charge in [-0.1, -0.05) is 30.3 Å². The Labute approximate surface area is 182 Å². The van der Waals surface area contributed by atoms with Crippen LogP contribution in [-0.4, -0.2) is 48.1 Å². The molecule has 1 saturated carbocycles. The van der Waals surface area contributed by atoms with Crippen molar-refractivity contribution < 1.29 is 0 Å². The molecular weight excluding hydrogens is 469 g/mol. The number of hydrogen-bond donors (Lipinski definition) is 2. The van der Waals surface area contributed by atoms with Gasteiger partial charge in [0.1, 0.15) is 5.01 Å². The fraction of sp³-hybridized carbons (Fsp3) is 0.500. The monoisotopic (exact) mass is 497 g/mol. The summed E-state index contributed by atoms with van der Waals surface area (Å²) in [5.74, 6) is 0.890. The third kappa shape index (κ3) is 5.20. The first kappa shape index (κ1) is 20.5. The fourth-order valence-electron chi connectivity index (χ4n) is 3.52. The quantitative estimate of drug-likeness (QED) is 0.377. The van der Waals surface area contributed by atoms with Crippen molar-refractivity contribution in [3.05, 3.63) is 40.9 Å². The molecule has 1 aromatic carbocycles. The molecule has 0 radical (unpaired) electrons. The molecule has 2 heterocycles. The maximum absolute atomic E-state index is 4.74. The third-order valence-corrected chi connectivity index (χ3v) is 6.38. The van der Waals surface area contributed by atoms with E-state index in [-0.39, 0.29) is 24.0 Å². The van der Waals surface area contributed by atoms with Gasteiger partial charge < -0.3 is 10.6 Å². The number of thiazole rings is 1. The molecule has 1 saturated heterocycles. The zero-order chi connectivity index (χ0) is 17.9. The first-order valence-electron chi connectivity index (χ1n) is 9.46. The molecule has 0 spiro atoms. The van der Waals surface area contributed by atoms with Gasteiger partial charge in [-0.05, 0) is 26.2 Å². The number of nitrogens with zero attached hydrogens (tertiary/aromatic N) is 3. The minimum absolute atomic E-state index is 0. The number of halogens is 1. The number of rotatable bonds is 5. The maximum Gasteiger partial charge on any atom is 0.191 e. The molecule has 2 fully saturated rings. The van der Waals surface area contributed by atoms with Crippen LogP contribution in [0, 0.1) is 6.92 Å². The predicted octanol–water partition coefficient (Wildman–Crippen LogP) is 3.64. The zero-order valence-corrected chi connectivity index (χ0v) is 19.1. The van der Waals surface area contributed by atoms with Crippen LogP contribution in [0.15, 0.2) is 35.3 Å². The highest BCUT2D eigenvalue weighted by Gasteiger charge is 2.34. The largest absolute Gasteiger partial charge is 0.352 e. The van der Waals surface area contributed by atoms with E-state index < -0.39 is 0 Å². The van der Waals surface area contributed by atoms with Crippen molar-refractivity contribution in [3.63, 3.8) is 0 Å². The maximum atomic E-state index is 4.74. The lowest BCUT2D eigenvalue weighted by Gasteiger charge is -2.18. The van der Waals surface area contributed by atoms with Crippen LogP contribution in [0.5, 0.6) is 0 Å². The molecule has 146 valence electrons. The standard InChI is InChI=1S/C20H27N5S.HI/c1-14-18(26-19(23-14)15-6-4-3-5-7-15)12-22-20(21-2)24-16-10-11-25(13-16)17-8-9-17;/h3-7,16-17H,8-13H2,1-2H3,(H2,21,22,24);1H. The summed E-state index contributed by atoms with van der Waals surface area (Å²) >= 11 is 1.76. The highest BCUT2D eigenvalue weighted by Crippen LogP contribution is 2.30. The van der Waals surface area contributed by atoms with Crippen molar-refractivity contribution in [2.24, 2.45) is 4.99 Å². The van der Waals surface area contributed by atoms with Gasteiger partial charge in [0.25, 0.3) is 0 Å². The van der Waals surface area contributed by atoms with Crippen LogP contribution in [0.25, 0.3) is 10.6 Å². The molecule has 4 rings (SSSR count). The molecule has 1 unspecified atom stereocenters. The van der Waals surface area contributed by atoms with Gasteiger partial charge in [-0.15, -0.1) is 35.3 Å². The van der Waals surface area contributed by atoms with Crippen molar-refractivity contribution in [1.82, 2.24) is 20.5 Å². The first-order valence-corrected chi connectivity index (χ1v) is 10.3. The number of guanidine groups is 1. The molecule has 2 N–H and O–H groups in total. The van der Waals surface area contributed by atoms with Gasteiger partial charge in [0, 0.05) is 42.7 Å². The fourth-order valence-corrected chi connectivity index (χ4v) is 4.53. The number of aryl methyl sites for hydroxylation is 1. The molecule has 27 heavy (non-hydrogen) atoms. The molecule has 5 nitrogen and oxygen atoms in total. The zero-order valence-electron chi connectivity index (χ0n) is 15.9. The van der Waals surface area contributed by atoms with Crippen LogP contribution < -0.4 is 10.6 Å². The summed E-state index contributed by atoms with van der Waals surface area (Å²) in [5.41, 5.74) is 2.28. The third-order valence-electron chi connectivity index (χ3n) is 5.18. The lowest BCUT2D eigenvalue weighted by Crippen LogP contribution is -2.44. The summed E-state index contributed by atoms with van der Waals surface area (Å²) in [4.78, 5) is 13.0. The van der Waals surface area contributed by atoms with Gasteiger partial charge in [-0.25, -0.2) is 4.98 Å². The van der Waals surface area contributed by atoms with E-state index in [9.17, 15) is 0 Å². The summed E-state index contributed by atoms with van der Waals surface area (Å²) in [7, 11) is 1.85. The highest BCUT2D eigenvalue weighted by atomic mass is 127. The topological polar surface area (TPSA) is 52.6 Å². The molecule has 0 amide bonds. The van der Waals surface area contributed by atoms with Gasteiger partial charge in [0.2, 0.25) is 0 Å². The Hall–Kier alpha value is -1.19. The first-order chi connectivity index (χ1) is 12.7. The molecule has 2 aromatic rings. The molecule has 7 heteroatoms. The second-order valence-corrected chi connectivity index (χ2v) is 8.26. The average molecular weight is 497 g/mol. The average Bonchev–Trinajstić information content (AvgIpc) is 3.30. The van der Waals surface area contributed by atoms with E-state index in [1.54, 1.807) is 11.3 Å². The van der Waals surface area contributed by atoms with Gasteiger partial charge >= 0.3 is 0 Å². The number of nitrogens with one attached hydrogen (secondary N) is 2. The number of hydrogen-bond acceptors (Lipinski definition) is 4. The van der Waals surface area contributed by atoms with Gasteiger partial charge in [0.15, 0.2) is 5.96 Å². The highest BCUT2D eigenvalue weighted by molar-refractivity contribution is 14.0. The van der Waals surface area contributed by atoms with Crippen LogP contribution in [-0.2, 0) is 6.54 Å². The molecule has 1 aliphatic carbocycles. The van der Waals surface area contributed by atoms with E-state index in [4.69, 9.17) is 4.98 Å². The van der Waals surface area contributed by atoms with Crippen molar-refractivity contribution in [1.29, 1.82) is 0 Å². The number of benzene rings is 1. The summed E-state index contributed by atoms with van der Waals surface area (Å²) in [5, 5.41) is 8.14. The molecule has 2 aliphatic rings. The lowest BCUT2D eigenvalue weighted by molar-refractivity contribution is 0.321. The van der Waals surface area contributed by atoms with Crippen molar-refractivity contribution in [2.45, 2.75) is 44.8 Å². The Morgan fingerprint density at radius 2 is 2.04 bits per heavy atom. The van der Waals surface area contributed by atoms with Gasteiger partial charge in [0.05, 0.1) is 12.2 Å². The number of aliphatic imine (C=N–C) groups is 1. The van der Waals surface area contributed by atoms with Crippen molar-refractivity contribution in [2.75, 3.05) is 20.1 Å². The summed E-state index contributed by atoms with van der Waals surface area (Å²) < 4.78 is 0. The number of likely N-dealkylation sites (tertiary alicyclic amines) is 1. The Kier molecular flexibility index (Phi) is 7.10. The SMILES string of the molecule is CN=C(NCc1sc(-c2ccccc2)nc1C)NC1CCN(C2CC2)C1.I. The Morgan fingerprint density at radius 1 is 1.26 bits per heavy atom. The summed E-state index contributed by atoms with van der Waals surface area (Å²) in [6.07, 6.45) is 3.97. The van der Waals surface area contributed by atoms with E-state index in [1.807, 2.05) is 13.1 Å². The Balaban J connectivity index is 0.00000210. The van der Waals surface area contributed by atoms with E-state index >= 15 is 0 Å². The Morgan fingerprint density at radius 3 is 2.74 bits per heavy atom. The summed E-state index contributed by atoms with van der Waals surface area (Å²) in [6, 6.07) is 11.7. The van der Waals surface area contributed by atoms with Gasteiger partial charge in [-0.3, -0.25) is 9.89 Å². The van der Waals surface area contributed by atoms with E-state index in [0.717, 1.165) is 35.8 Å². The molecule has 0 bridgehead atoms. The van der Waals surface area contributed by atoms with Gasteiger partial charge in [-0.2, -0.15) is 0 Å². The van der Waals surface area contributed by atoms with Crippen LogP contribution in [0.2, 0.25) is 0 Å². The Bertz CT molecular complexity index is 772. The minimum Gasteiger partial charge on any atom is -0.352 e. The minimum atomic E-state index is 0. The lowest BCUT2D eigenvalue weighted by atomic mass is 10.2. The molecule has 1 aliphatic heterocycles. The van der Waals surface area contributed by atoms with E-state index in [0.29, 0.717) is 6.04 Å². The van der Waals surface area contributed by atoms with E-state index in [2.05, 4.69) is 51.7 Å². The van der Waals surface area contributed by atoms with Crippen LogP contribution in [0.3, 0.4) is 0 Å². The predicted molar refractivity (Wildman–Crippen MR) is 124 cm³/mol. The van der Waals surface area contributed by atoms with Crippen molar-refractivity contribution in [3.8, 4) is 10.6 Å². The second kappa shape index (κ2) is 9.34. The van der Waals surface area contributed by atoms with Crippen LogP contribution >= 0.6 is 35.3 Å². The smallest absolute Gasteiger partial charge is 0.191 e. The molecule has 1 atom stereocenters. The molecule has 1 aromatic heterocycles. The number of aromatic nitrogens is 1. The van der Waals surface area contributed by atoms with Crippen LogP contribution in [0.1, 0.15) is 29.8 Å².